The highest BCUT2D eigenvalue weighted by Crippen LogP contribution is 2.25. The lowest BCUT2D eigenvalue weighted by Gasteiger charge is -2.12. The van der Waals surface area contributed by atoms with E-state index in [1.807, 2.05) is 0 Å². The van der Waals surface area contributed by atoms with E-state index in [1.54, 1.807) is 7.11 Å². The first kappa shape index (κ1) is 17.7. The zero-order valence-corrected chi connectivity index (χ0v) is 15.1. The van der Waals surface area contributed by atoms with Crippen molar-refractivity contribution in [3.05, 3.63) is 59.2 Å². The molecule has 0 aromatic heterocycles. The molecule has 0 radical (unpaired) electrons. The van der Waals surface area contributed by atoms with Gasteiger partial charge < -0.3 is 4.74 Å². The van der Waals surface area contributed by atoms with Crippen LogP contribution in [-0.4, -0.2) is 13.7 Å². The molecule has 23 heavy (non-hydrogen) atoms. The Balaban J connectivity index is 2.11. The lowest BCUT2D eigenvalue weighted by Crippen LogP contribution is -2.01. The minimum absolute atomic E-state index is 0.441. The molecule has 0 aliphatic heterocycles. The summed E-state index contributed by atoms with van der Waals surface area (Å²) < 4.78 is 5.24. The zero-order chi connectivity index (χ0) is 16.7. The normalized spacial score (nSPS) is 12.3. The highest BCUT2D eigenvalue weighted by Gasteiger charge is 2.06. The number of unbranched alkanes of at least 4 members (excludes halogenated alkanes) is 2. The van der Waals surface area contributed by atoms with Crippen LogP contribution in [0.5, 0.6) is 0 Å². The summed E-state index contributed by atoms with van der Waals surface area (Å²) >= 11 is 0. The molecule has 1 atom stereocenters. The molecule has 0 bridgehead atoms. The maximum absolute atomic E-state index is 5.24. The van der Waals surface area contributed by atoms with Crippen molar-refractivity contribution < 1.29 is 4.74 Å². The van der Waals surface area contributed by atoms with Gasteiger partial charge in [0.1, 0.15) is 0 Å². The minimum atomic E-state index is 0.441. The Morgan fingerprint density at radius 2 is 1.65 bits per heavy atom. The lowest BCUT2D eigenvalue weighted by molar-refractivity contribution is 0.184. The van der Waals surface area contributed by atoms with Crippen molar-refractivity contribution in [1.29, 1.82) is 0 Å². The second-order valence-electron chi connectivity index (χ2n) is 6.58. The van der Waals surface area contributed by atoms with E-state index >= 15 is 0 Å². The van der Waals surface area contributed by atoms with Crippen molar-refractivity contribution >= 4 is 0 Å². The molecule has 0 saturated carbocycles. The van der Waals surface area contributed by atoms with E-state index in [1.165, 1.54) is 53.5 Å². The molecule has 2 aromatic carbocycles. The molecule has 2 aromatic rings. The van der Waals surface area contributed by atoms with Crippen molar-refractivity contribution in [2.45, 2.75) is 52.4 Å². The standard InChI is InChI=1S/C22H30O/c1-5-6-7-8-19-11-14-22(15-17(19)2)21-12-9-20(10-13-21)18(3)16-23-4/h9-15,18H,5-8,16H2,1-4H3. The molecule has 0 spiro atoms. The number of ether oxygens (including phenoxy) is 1. The first-order chi connectivity index (χ1) is 11.2. The van der Waals surface area contributed by atoms with Gasteiger partial charge in [0.15, 0.2) is 0 Å². The van der Waals surface area contributed by atoms with Crippen LogP contribution in [0, 0.1) is 6.92 Å². The Morgan fingerprint density at radius 1 is 0.957 bits per heavy atom. The van der Waals surface area contributed by atoms with Crippen LogP contribution in [0.15, 0.2) is 42.5 Å². The van der Waals surface area contributed by atoms with Crippen LogP contribution >= 0.6 is 0 Å². The molecule has 1 nitrogen and oxygen atoms in total. The highest BCUT2D eigenvalue weighted by molar-refractivity contribution is 5.65. The van der Waals surface area contributed by atoms with Gasteiger partial charge in [-0.25, -0.2) is 0 Å². The Labute approximate surface area is 141 Å². The van der Waals surface area contributed by atoms with Crippen LogP contribution in [0.3, 0.4) is 0 Å². The monoisotopic (exact) mass is 310 g/mol. The van der Waals surface area contributed by atoms with Crippen molar-refractivity contribution in [2.24, 2.45) is 0 Å². The summed E-state index contributed by atoms with van der Waals surface area (Å²) in [4.78, 5) is 0. The average Bonchev–Trinajstić information content (AvgIpc) is 2.57. The van der Waals surface area contributed by atoms with Crippen LogP contribution < -0.4 is 0 Å². The van der Waals surface area contributed by atoms with Crippen LogP contribution in [-0.2, 0) is 11.2 Å². The highest BCUT2D eigenvalue weighted by atomic mass is 16.5. The maximum atomic E-state index is 5.24. The van der Waals surface area contributed by atoms with Crippen molar-refractivity contribution in [2.75, 3.05) is 13.7 Å². The van der Waals surface area contributed by atoms with Gasteiger partial charge >= 0.3 is 0 Å². The largest absolute Gasteiger partial charge is 0.384 e. The van der Waals surface area contributed by atoms with Gasteiger partial charge in [-0.1, -0.05) is 69.2 Å². The molecule has 1 heteroatoms. The van der Waals surface area contributed by atoms with Crippen LogP contribution in [0.4, 0.5) is 0 Å². The zero-order valence-electron chi connectivity index (χ0n) is 15.1. The number of rotatable bonds is 8. The quantitative estimate of drug-likeness (QED) is 0.532. The Bertz CT molecular complexity index is 598. The van der Waals surface area contributed by atoms with E-state index in [9.17, 15) is 0 Å². The van der Waals surface area contributed by atoms with Gasteiger partial charge in [0.2, 0.25) is 0 Å². The third-order valence-corrected chi connectivity index (χ3v) is 4.62. The molecule has 0 fully saturated rings. The fraction of sp³-hybridized carbons (Fsp3) is 0.455. The number of hydrogen-bond acceptors (Lipinski definition) is 1. The van der Waals surface area contributed by atoms with E-state index in [0.717, 1.165) is 6.61 Å². The summed E-state index contributed by atoms with van der Waals surface area (Å²) in [6.07, 6.45) is 5.10. The number of methoxy groups -OCH3 is 1. The molecule has 0 saturated heterocycles. The maximum Gasteiger partial charge on any atom is 0.0528 e. The van der Waals surface area contributed by atoms with Crippen LogP contribution in [0.1, 0.15) is 55.7 Å². The molecular weight excluding hydrogens is 280 g/mol. The van der Waals surface area contributed by atoms with Gasteiger partial charge in [0, 0.05) is 13.0 Å². The second kappa shape index (κ2) is 8.88. The fourth-order valence-corrected chi connectivity index (χ4v) is 3.07. The first-order valence-corrected chi connectivity index (χ1v) is 8.84. The van der Waals surface area contributed by atoms with Gasteiger partial charge in [-0.3, -0.25) is 0 Å². The summed E-state index contributed by atoms with van der Waals surface area (Å²) in [5.74, 6) is 0.441. The van der Waals surface area contributed by atoms with Crippen LogP contribution in [0.25, 0.3) is 11.1 Å². The van der Waals surface area contributed by atoms with Crippen molar-refractivity contribution in [1.82, 2.24) is 0 Å². The third kappa shape index (κ3) is 4.94. The van der Waals surface area contributed by atoms with Crippen molar-refractivity contribution in [3.8, 4) is 11.1 Å². The van der Waals surface area contributed by atoms with E-state index in [4.69, 9.17) is 4.74 Å². The van der Waals surface area contributed by atoms with E-state index in [-0.39, 0.29) is 0 Å². The average molecular weight is 310 g/mol. The van der Waals surface area contributed by atoms with E-state index in [0.29, 0.717) is 5.92 Å². The first-order valence-electron chi connectivity index (χ1n) is 8.84. The van der Waals surface area contributed by atoms with Crippen LogP contribution in [0.2, 0.25) is 0 Å². The number of aryl methyl sites for hydroxylation is 2. The molecule has 0 N–H and O–H groups in total. The Hall–Kier alpha value is -1.60. The SMILES string of the molecule is CCCCCc1ccc(-c2ccc(C(C)COC)cc2)cc1C. The Kier molecular flexibility index (Phi) is 6.85. The van der Waals surface area contributed by atoms with E-state index in [2.05, 4.69) is 63.2 Å². The molecule has 0 amide bonds. The molecule has 124 valence electrons. The third-order valence-electron chi connectivity index (χ3n) is 4.62. The molecule has 1 unspecified atom stereocenters. The number of hydrogen-bond donors (Lipinski definition) is 0. The van der Waals surface area contributed by atoms with E-state index < -0.39 is 0 Å². The second-order valence-corrected chi connectivity index (χ2v) is 6.58. The molecular formula is C22H30O. The van der Waals surface area contributed by atoms with Gasteiger partial charge in [0.05, 0.1) is 6.61 Å². The van der Waals surface area contributed by atoms with Gasteiger partial charge in [-0.05, 0) is 47.6 Å². The number of benzene rings is 2. The predicted octanol–water partition coefficient (Wildman–Crippen LogP) is 6.14. The van der Waals surface area contributed by atoms with Gasteiger partial charge in [-0.15, -0.1) is 0 Å². The van der Waals surface area contributed by atoms with Gasteiger partial charge in [0.25, 0.3) is 0 Å². The fourth-order valence-electron chi connectivity index (χ4n) is 3.07. The molecule has 2 rings (SSSR count). The summed E-state index contributed by atoms with van der Waals surface area (Å²) in [5.41, 5.74) is 6.85. The predicted molar refractivity (Wildman–Crippen MR) is 100 cm³/mol. The summed E-state index contributed by atoms with van der Waals surface area (Å²) in [6.45, 7) is 7.46. The summed E-state index contributed by atoms with van der Waals surface area (Å²) in [6, 6.07) is 15.8. The smallest absolute Gasteiger partial charge is 0.0528 e. The minimum Gasteiger partial charge on any atom is -0.384 e. The summed E-state index contributed by atoms with van der Waals surface area (Å²) in [7, 11) is 1.76. The van der Waals surface area contributed by atoms with Gasteiger partial charge in [-0.2, -0.15) is 0 Å². The van der Waals surface area contributed by atoms with Crippen molar-refractivity contribution in [3.63, 3.8) is 0 Å². The lowest BCUT2D eigenvalue weighted by atomic mass is 9.95. The molecule has 0 aliphatic rings. The topological polar surface area (TPSA) is 9.23 Å². The molecule has 0 heterocycles. The summed E-state index contributed by atoms with van der Waals surface area (Å²) in [5, 5.41) is 0. The Morgan fingerprint density at radius 3 is 2.26 bits per heavy atom. The molecule has 0 aliphatic carbocycles.